The van der Waals surface area contributed by atoms with Gasteiger partial charge in [-0.05, 0) is 23.4 Å². The number of benzene rings is 1. The van der Waals surface area contributed by atoms with E-state index in [9.17, 15) is 8.78 Å². The molecule has 0 fully saturated rings. The predicted molar refractivity (Wildman–Crippen MR) is 74.6 cm³/mol. The van der Waals surface area contributed by atoms with Gasteiger partial charge in [0.15, 0.2) is 11.6 Å². The van der Waals surface area contributed by atoms with E-state index in [0.717, 1.165) is 28.9 Å². The van der Waals surface area contributed by atoms with Gasteiger partial charge in [0.25, 0.3) is 0 Å². The standard InChI is InChI=1S/C15H13F2N3/c16-12-8-18-9-13(17)15(12)20-7-5-11-3-1-2-10-4-6-19-14(10)11/h1-4,6,8-9,19H,5,7H2,(H,18,20). The first kappa shape index (κ1) is 12.6. The number of hydrogen-bond acceptors (Lipinski definition) is 2. The van der Waals surface area contributed by atoms with Gasteiger partial charge in [-0.3, -0.25) is 4.98 Å². The van der Waals surface area contributed by atoms with Crippen LogP contribution < -0.4 is 5.32 Å². The molecule has 5 heteroatoms. The monoisotopic (exact) mass is 273 g/mol. The molecular formula is C15H13F2N3. The van der Waals surface area contributed by atoms with Gasteiger partial charge >= 0.3 is 0 Å². The van der Waals surface area contributed by atoms with Gasteiger partial charge in [-0.15, -0.1) is 0 Å². The Morgan fingerprint density at radius 3 is 2.70 bits per heavy atom. The Kier molecular flexibility index (Phi) is 3.33. The van der Waals surface area contributed by atoms with Crippen molar-refractivity contribution in [2.45, 2.75) is 6.42 Å². The SMILES string of the molecule is Fc1cncc(F)c1NCCc1cccc2cc[nH]c12. The normalized spacial score (nSPS) is 10.9. The lowest BCUT2D eigenvalue weighted by molar-refractivity contribution is 0.578. The average Bonchev–Trinajstić information content (AvgIpc) is 2.91. The molecule has 0 unspecified atom stereocenters. The highest BCUT2D eigenvalue weighted by atomic mass is 19.1. The summed E-state index contributed by atoms with van der Waals surface area (Å²) in [4.78, 5) is 6.62. The summed E-state index contributed by atoms with van der Waals surface area (Å²) in [5.41, 5.74) is 2.04. The second-order valence-electron chi connectivity index (χ2n) is 4.51. The highest BCUT2D eigenvalue weighted by Crippen LogP contribution is 2.19. The van der Waals surface area contributed by atoms with Crippen molar-refractivity contribution in [3.63, 3.8) is 0 Å². The van der Waals surface area contributed by atoms with Crippen LogP contribution in [0.5, 0.6) is 0 Å². The predicted octanol–water partition coefficient (Wildman–Crippen LogP) is 3.50. The molecule has 1 aromatic carbocycles. The summed E-state index contributed by atoms with van der Waals surface area (Å²) in [7, 11) is 0. The number of para-hydroxylation sites is 1. The van der Waals surface area contributed by atoms with Crippen LogP contribution in [0.1, 0.15) is 5.56 Å². The molecule has 0 atom stereocenters. The molecule has 3 aromatic rings. The molecule has 3 nitrogen and oxygen atoms in total. The number of halogens is 2. The second kappa shape index (κ2) is 5.28. The van der Waals surface area contributed by atoms with Gasteiger partial charge in [-0.1, -0.05) is 18.2 Å². The highest BCUT2D eigenvalue weighted by molar-refractivity contribution is 5.82. The van der Waals surface area contributed by atoms with Gasteiger partial charge in [0.1, 0.15) is 5.69 Å². The van der Waals surface area contributed by atoms with Crippen LogP contribution in [-0.4, -0.2) is 16.5 Å². The Morgan fingerprint density at radius 2 is 1.90 bits per heavy atom. The van der Waals surface area contributed by atoms with E-state index >= 15 is 0 Å². The van der Waals surface area contributed by atoms with Crippen LogP contribution >= 0.6 is 0 Å². The summed E-state index contributed by atoms with van der Waals surface area (Å²) in [6.45, 7) is 0.440. The Balaban J connectivity index is 1.73. The van der Waals surface area contributed by atoms with Crippen LogP contribution in [0.3, 0.4) is 0 Å². The van der Waals surface area contributed by atoms with E-state index in [-0.39, 0.29) is 5.69 Å². The van der Waals surface area contributed by atoms with Crippen LogP contribution in [0, 0.1) is 11.6 Å². The summed E-state index contributed by atoms with van der Waals surface area (Å²) < 4.78 is 26.8. The maximum absolute atomic E-state index is 13.4. The average molecular weight is 273 g/mol. The molecular weight excluding hydrogens is 260 g/mol. The van der Waals surface area contributed by atoms with Crippen LogP contribution in [-0.2, 0) is 6.42 Å². The lowest BCUT2D eigenvalue weighted by Crippen LogP contribution is -2.08. The molecule has 0 amide bonds. The van der Waals surface area contributed by atoms with Crippen LogP contribution in [0.15, 0.2) is 42.9 Å². The number of hydrogen-bond donors (Lipinski definition) is 2. The Hall–Kier alpha value is -2.43. The number of aromatic nitrogens is 2. The lowest BCUT2D eigenvalue weighted by atomic mass is 10.1. The van der Waals surface area contributed by atoms with E-state index in [1.165, 1.54) is 0 Å². The molecule has 20 heavy (non-hydrogen) atoms. The van der Waals surface area contributed by atoms with Crippen molar-refractivity contribution in [2.75, 3.05) is 11.9 Å². The molecule has 0 bridgehead atoms. The number of aromatic amines is 1. The molecule has 3 rings (SSSR count). The van der Waals surface area contributed by atoms with Crippen LogP contribution in [0.25, 0.3) is 10.9 Å². The second-order valence-corrected chi connectivity index (χ2v) is 4.51. The summed E-state index contributed by atoms with van der Waals surface area (Å²) in [6, 6.07) is 7.98. The van der Waals surface area contributed by atoms with Crippen molar-refractivity contribution >= 4 is 16.6 Å². The van der Waals surface area contributed by atoms with Gasteiger partial charge in [-0.2, -0.15) is 0 Å². The van der Waals surface area contributed by atoms with E-state index in [4.69, 9.17) is 0 Å². The van der Waals surface area contributed by atoms with E-state index in [0.29, 0.717) is 13.0 Å². The topological polar surface area (TPSA) is 40.7 Å². The van der Waals surface area contributed by atoms with E-state index in [2.05, 4.69) is 15.3 Å². The Labute approximate surface area is 114 Å². The molecule has 2 aromatic heterocycles. The van der Waals surface area contributed by atoms with E-state index in [1.54, 1.807) is 0 Å². The summed E-state index contributed by atoms with van der Waals surface area (Å²) in [6.07, 6.45) is 4.54. The minimum Gasteiger partial charge on any atom is -0.380 e. The minimum atomic E-state index is -0.678. The first-order valence-corrected chi connectivity index (χ1v) is 6.33. The molecule has 2 N–H and O–H groups in total. The van der Waals surface area contributed by atoms with Gasteiger partial charge in [-0.25, -0.2) is 8.78 Å². The first-order valence-electron chi connectivity index (χ1n) is 6.33. The number of nitrogens with one attached hydrogen (secondary N) is 2. The molecule has 0 aliphatic heterocycles. The maximum Gasteiger partial charge on any atom is 0.167 e. The zero-order valence-electron chi connectivity index (χ0n) is 10.7. The number of anilines is 1. The van der Waals surface area contributed by atoms with Gasteiger partial charge < -0.3 is 10.3 Å². The van der Waals surface area contributed by atoms with Crippen LogP contribution in [0.2, 0.25) is 0 Å². The zero-order valence-corrected chi connectivity index (χ0v) is 10.7. The summed E-state index contributed by atoms with van der Waals surface area (Å²) >= 11 is 0. The summed E-state index contributed by atoms with van der Waals surface area (Å²) in [5.74, 6) is -1.36. The fourth-order valence-corrected chi connectivity index (χ4v) is 2.26. The van der Waals surface area contributed by atoms with E-state index < -0.39 is 11.6 Å². The fraction of sp³-hybridized carbons (Fsp3) is 0.133. The number of H-pyrrole nitrogens is 1. The summed E-state index contributed by atoms with van der Waals surface area (Å²) in [5, 5.41) is 3.91. The van der Waals surface area contributed by atoms with Crippen molar-refractivity contribution in [1.82, 2.24) is 9.97 Å². The van der Waals surface area contributed by atoms with Crippen LogP contribution in [0.4, 0.5) is 14.5 Å². The number of fused-ring (bicyclic) bond motifs is 1. The third-order valence-corrected chi connectivity index (χ3v) is 3.22. The highest BCUT2D eigenvalue weighted by Gasteiger charge is 2.08. The van der Waals surface area contributed by atoms with Crippen molar-refractivity contribution in [2.24, 2.45) is 0 Å². The molecule has 0 saturated carbocycles. The van der Waals surface area contributed by atoms with Crippen molar-refractivity contribution in [1.29, 1.82) is 0 Å². The smallest absolute Gasteiger partial charge is 0.167 e. The van der Waals surface area contributed by atoms with Gasteiger partial charge in [0, 0.05) is 18.3 Å². The fourth-order valence-electron chi connectivity index (χ4n) is 2.26. The van der Waals surface area contributed by atoms with Crippen molar-refractivity contribution < 1.29 is 8.78 Å². The molecule has 2 heterocycles. The minimum absolute atomic E-state index is 0.126. The lowest BCUT2D eigenvalue weighted by Gasteiger charge is -2.08. The van der Waals surface area contributed by atoms with Crippen molar-refractivity contribution in [3.8, 4) is 0 Å². The molecule has 0 radical (unpaired) electrons. The largest absolute Gasteiger partial charge is 0.380 e. The molecule has 0 spiro atoms. The van der Waals surface area contributed by atoms with Gasteiger partial charge in [0.05, 0.1) is 12.4 Å². The number of rotatable bonds is 4. The molecule has 102 valence electrons. The third-order valence-electron chi connectivity index (χ3n) is 3.22. The Morgan fingerprint density at radius 1 is 1.10 bits per heavy atom. The molecule has 0 saturated heterocycles. The molecule has 0 aliphatic carbocycles. The van der Waals surface area contributed by atoms with Crippen molar-refractivity contribution in [3.05, 3.63) is 60.1 Å². The number of nitrogens with zero attached hydrogens (tertiary/aromatic N) is 1. The zero-order chi connectivity index (χ0) is 13.9. The quantitative estimate of drug-likeness (QED) is 0.764. The van der Waals surface area contributed by atoms with Gasteiger partial charge in [0.2, 0.25) is 0 Å². The maximum atomic E-state index is 13.4. The Bertz CT molecular complexity index is 717. The third kappa shape index (κ3) is 2.34. The molecule has 0 aliphatic rings. The number of pyridine rings is 1. The first-order chi connectivity index (χ1) is 9.75. The van der Waals surface area contributed by atoms with E-state index in [1.807, 2.05) is 30.5 Å².